The van der Waals surface area contributed by atoms with Crippen LogP contribution in [0.1, 0.15) is 0 Å². The molecule has 1 aromatic heterocycles. The monoisotopic (exact) mass is 270 g/mol. The highest BCUT2D eigenvalue weighted by atomic mass is 19.1. The summed E-state index contributed by atoms with van der Waals surface area (Å²) in [7, 11) is 0. The second-order valence-electron chi connectivity index (χ2n) is 4.41. The van der Waals surface area contributed by atoms with Gasteiger partial charge in [-0.2, -0.15) is 0 Å². The summed E-state index contributed by atoms with van der Waals surface area (Å²) in [5.41, 5.74) is 2.14. The number of carboxylic acids is 1. The predicted octanol–water partition coefficient (Wildman–Crippen LogP) is 2.93. The zero-order valence-corrected chi connectivity index (χ0v) is 10.5. The van der Waals surface area contributed by atoms with Crippen LogP contribution in [0.4, 0.5) is 4.39 Å². The van der Waals surface area contributed by atoms with Gasteiger partial charge in [0.25, 0.3) is 0 Å². The number of imidazole rings is 1. The Hall–Kier alpha value is -2.69. The molecule has 0 radical (unpaired) electrons. The van der Waals surface area contributed by atoms with Gasteiger partial charge in [0.05, 0.1) is 11.0 Å². The van der Waals surface area contributed by atoms with Gasteiger partial charge in [-0.15, -0.1) is 0 Å². The lowest BCUT2D eigenvalue weighted by Gasteiger charge is -2.06. The van der Waals surface area contributed by atoms with Gasteiger partial charge in [0.1, 0.15) is 18.2 Å². The molecular formula is C15H11FN2O2. The number of rotatable bonds is 3. The Morgan fingerprint density at radius 1 is 1.15 bits per heavy atom. The molecule has 3 aromatic rings. The highest BCUT2D eigenvalue weighted by Crippen LogP contribution is 2.24. The lowest BCUT2D eigenvalue weighted by atomic mass is 10.2. The number of fused-ring (bicyclic) bond motifs is 1. The summed E-state index contributed by atoms with van der Waals surface area (Å²) in [6.07, 6.45) is 0. The third-order valence-corrected chi connectivity index (χ3v) is 3.05. The molecule has 4 nitrogen and oxygen atoms in total. The predicted molar refractivity (Wildman–Crippen MR) is 72.8 cm³/mol. The molecule has 20 heavy (non-hydrogen) atoms. The number of aromatic nitrogens is 2. The molecule has 0 saturated heterocycles. The smallest absolute Gasteiger partial charge is 0.323 e. The lowest BCUT2D eigenvalue weighted by molar-refractivity contribution is -0.137. The van der Waals surface area contributed by atoms with E-state index < -0.39 is 5.97 Å². The molecule has 0 unspecified atom stereocenters. The standard InChI is InChI=1S/C15H11FN2O2/c16-11-7-5-10(6-8-11)15-17-12-3-1-2-4-13(12)18(15)9-14(19)20/h1-8H,9H2,(H,19,20). The fourth-order valence-corrected chi connectivity index (χ4v) is 2.19. The first-order valence-electron chi connectivity index (χ1n) is 6.08. The van der Waals surface area contributed by atoms with Crippen LogP contribution in [-0.2, 0) is 11.3 Å². The van der Waals surface area contributed by atoms with Gasteiger partial charge in [0.2, 0.25) is 0 Å². The van der Waals surface area contributed by atoms with Crippen molar-refractivity contribution in [2.75, 3.05) is 0 Å². The number of carbonyl (C=O) groups is 1. The van der Waals surface area contributed by atoms with E-state index >= 15 is 0 Å². The number of hydrogen-bond acceptors (Lipinski definition) is 2. The normalized spacial score (nSPS) is 10.8. The molecule has 1 N–H and O–H groups in total. The van der Waals surface area contributed by atoms with E-state index in [0.717, 1.165) is 5.52 Å². The lowest BCUT2D eigenvalue weighted by Crippen LogP contribution is -2.09. The maximum atomic E-state index is 13.0. The first kappa shape index (κ1) is 12.3. The van der Waals surface area contributed by atoms with Gasteiger partial charge in [0.15, 0.2) is 0 Å². The zero-order chi connectivity index (χ0) is 14.1. The van der Waals surface area contributed by atoms with E-state index in [9.17, 15) is 9.18 Å². The van der Waals surface area contributed by atoms with E-state index in [1.165, 1.54) is 12.1 Å². The topological polar surface area (TPSA) is 55.1 Å². The highest BCUT2D eigenvalue weighted by molar-refractivity contribution is 5.82. The number of carboxylic acid groups (broad SMARTS) is 1. The van der Waals surface area contributed by atoms with Crippen molar-refractivity contribution in [1.82, 2.24) is 9.55 Å². The molecule has 0 bridgehead atoms. The summed E-state index contributed by atoms with van der Waals surface area (Å²) in [5, 5.41) is 9.05. The second kappa shape index (κ2) is 4.77. The van der Waals surface area contributed by atoms with Crippen molar-refractivity contribution in [3.63, 3.8) is 0 Å². The minimum atomic E-state index is -0.948. The average Bonchev–Trinajstić information content (AvgIpc) is 2.78. The van der Waals surface area contributed by atoms with Crippen LogP contribution in [0.5, 0.6) is 0 Å². The summed E-state index contributed by atoms with van der Waals surface area (Å²) < 4.78 is 14.6. The van der Waals surface area contributed by atoms with Crippen molar-refractivity contribution in [3.05, 3.63) is 54.3 Å². The van der Waals surface area contributed by atoms with Crippen molar-refractivity contribution < 1.29 is 14.3 Å². The fourth-order valence-electron chi connectivity index (χ4n) is 2.19. The number of aliphatic carboxylic acids is 1. The first-order valence-corrected chi connectivity index (χ1v) is 6.08. The molecule has 0 aliphatic carbocycles. The third-order valence-electron chi connectivity index (χ3n) is 3.05. The summed E-state index contributed by atoms with van der Waals surface area (Å²) in [6.45, 7) is -0.187. The van der Waals surface area contributed by atoms with Gasteiger partial charge < -0.3 is 9.67 Å². The van der Waals surface area contributed by atoms with Crippen LogP contribution in [0.25, 0.3) is 22.4 Å². The Labute approximate surface area is 114 Å². The van der Waals surface area contributed by atoms with Crippen molar-refractivity contribution in [2.24, 2.45) is 0 Å². The molecule has 0 amide bonds. The SMILES string of the molecule is O=C(O)Cn1c(-c2ccc(F)cc2)nc2ccccc21. The summed E-state index contributed by atoms with van der Waals surface area (Å²) in [5.74, 6) is -0.764. The molecule has 1 heterocycles. The molecule has 2 aromatic carbocycles. The number of halogens is 1. The number of nitrogens with zero attached hydrogens (tertiary/aromatic N) is 2. The molecule has 0 aliphatic heterocycles. The molecule has 0 spiro atoms. The molecule has 0 atom stereocenters. The van der Waals surface area contributed by atoms with Gasteiger partial charge in [-0.1, -0.05) is 12.1 Å². The van der Waals surface area contributed by atoms with Crippen molar-refractivity contribution in [2.45, 2.75) is 6.54 Å². The van der Waals surface area contributed by atoms with E-state index in [1.54, 1.807) is 16.7 Å². The van der Waals surface area contributed by atoms with Crippen LogP contribution >= 0.6 is 0 Å². The Morgan fingerprint density at radius 3 is 2.55 bits per heavy atom. The van der Waals surface area contributed by atoms with E-state index in [1.807, 2.05) is 24.3 Å². The third kappa shape index (κ3) is 2.14. The highest BCUT2D eigenvalue weighted by Gasteiger charge is 2.14. The van der Waals surface area contributed by atoms with E-state index in [4.69, 9.17) is 5.11 Å². The first-order chi connectivity index (χ1) is 9.65. The minimum absolute atomic E-state index is 0.187. The van der Waals surface area contributed by atoms with Crippen molar-refractivity contribution in [1.29, 1.82) is 0 Å². The fraction of sp³-hybridized carbons (Fsp3) is 0.0667. The van der Waals surface area contributed by atoms with Gasteiger partial charge >= 0.3 is 5.97 Å². The van der Waals surface area contributed by atoms with E-state index in [2.05, 4.69) is 4.98 Å². The van der Waals surface area contributed by atoms with Crippen LogP contribution in [0.15, 0.2) is 48.5 Å². The molecule has 0 fully saturated rings. The van der Waals surface area contributed by atoms with Crippen LogP contribution in [-0.4, -0.2) is 20.6 Å². The Kier molecular flexibility index (Phi) is 2.95. The van der Waals surface area contributed by atoms with Crippen LogP contribution in [0.2, 0.25) is 0 Å². The molecule has 0 aliphatic rings. The largest absolute Gasteiger partial charge is 0.480 e. The summed E-state index contributed by atoms with van der Waals surface area (Å²) >= 11 is 0. The summed E-state index contributed by atoms with van der Waals surface area (Å²) in [4.78, 5) is 15.5. The van der Waals surface area contributed by atoms with Gasteiger partial charge in [0, 0.05) is 5.56 Å². The number of hydrogen-bond donors (Lipinski definition) is 1. The van der Waals surface area contributed by atoms with Gasteiger partial charge in [-0.25, -0.2) is 9.37 Å². The Balaban J connectivity index is 2.23. The molecule has 0 saturated carbocycles. The number of para-hydroxylation sites is 2. The quantitative estimate of drug-likeness (QED) is 0.796. The average molecular weight is 270 g/mol. The number of benzene rings is 2. The zero-order valence-electron chi connectivity index (χ0n) is 10.5. The maximum Gasteiger partial charge on any atom is 0.323 e. The Morgan fingerprint density at radius 2 is 1.85 bits per heavy atom. The minimum Gasteiger partial charge on any atom is -0.480 e. The van der Waals surface area contributed by atoms with E-state index in [0.29, 0.717) is 16.9 Å². The van der Waals surface area contributed by atoms with Gasteiger partial charge in [-0.05, 0) is 36.4 Å². The van der Waals surface area contributed by atoms with Crippen molar-refractivity contribution in [3.8, 4) is 11.4 Å². The van der Waals surface area contributed by atoms with Crippen LogP contribution in [0, 0.1) is 5.82 Å². The molecule has 5 heteroatoms. The van der Waals surface area contributed by atoms with Crippen molar-refractivity contribution >= 4 is 17.0 Å². The second-order valence-corrected chi connectivity index (χ2v) is 4.41. The molecule has 100 valence electrons. The maximum absolute atomic E-state index is 13.0. The Bertz CT molecular complexity index is 778. The van der Waals surface area contributed by atoms with Gasteiger partial charge in [-0.3, -0.25) is 4.79 Å². The van der Waals surface area contributed by atoms with Crippen LogP contribution in [0.3, 0.4) is 0 Å². The molecular weight excluding hydrogens is 259 g/mol. The molecule has 3 rings (SSSR count). The van der Waals surface area contributed by atoms with E-state index in [-0.39, 0.29) is 12.4 Å². The summed E-state index contributed by atoms with van der Waals surface area (Å²) in [6, 6.07) is 13.2. The van der Waals surface area contributed by atoms with Crippen LogP contribution < -0.4 is 0 Å².